The van der Waals surface area contributed by atoms with Crippen LogP contribution in [-0.4, -0.2) is 44.2 Å². The largest absolute Gasteiger partial charge is 0.370 e. The van der Waals surface area contributed by atoms with Gasteiger partial charge in [-0.05, 0) is 25.9 Å². The van der Waals surface area contributed by atoms with Gasteiger partial charge in [-0.2, -0.15) is 0 Å². The van der Waals surface area contributed by atoms with Crippen molar-refractivity contribution in [1.29, 1.82) is 0 Å². The highest BCUT2D eigenvalue weighted by molar-refractivity contribution is 5.78. The molecule has 0 aromatic heterocycles. The fraction of sp³-hybridized carbons (Fsp3) is 0.800. The summed E-state index contributed by atoms with van der Waals surface area (Å²) in [6.07, 6.45) is 2.21. The standard InChI is InChI=1S/C10H19N3O3/c11-9(14)3-6-13-10(15)7-16-8-1-4-12-5-2-8/h8,12H,1-7H2,(H2,11,14)(H,13,15). The van der Waals surface area contributed by atoms with Crippen molar-refractivity contribution in [2.75, 3.05) is 26.2 Å². The first kappa shape index (κ1) is 12.9. The number of hydrogen-bond donors (Lipinski definition) is 3. The van der Waals surface area contributed by atoms with Crippen molar-refractivity contribution >= 4 is 11.8 Å². The van der Waals surface area contributed by atoms with E-state index in [2.05, 4.69) is 10.6 Å². The van der Waals surface area contributed by atoms with Gasteiger partial charge < -0.3 is 21.1 Å². The van der Waals surface area contributed by atoms with Crippen LogP contribution >= 0.6 is 0 Å². The van der Waals surface area contributed by atoms with Gasteiger partial charge >= 0.3 is 0 Å². The Hall–Kier alpha value is -1.14. The van der Waals surface area contributed by atoms with Gasteiger partial charge in [0.2, 0.25) is 11.8 Å². The Labute approximate surface area is 94.9 Å². The average molecular weight is 229 g/mol. The van der Waals surface area contributed by atoms with E-state index in [0.717, 1.165) is 25.9 Å². The van der Waals surface area contributed by atoms with Crippen LogP contribution in [0.25, 0.3) is 0 Å². The Kier molecular flexibility index (Phi) is 5.81. The molecule has 0 bridgehead atoms. The van der Waals surface area contributed by atoms with E-state index in [1.807, 2.05) is 0 Å². The maximum absolute atomic E-state index is 11.3. The second-order valence-electron chi connectivity index (χ2n) is 3.83. The van der Waals surface area contributed by atoms with Gasteiger partial charge in [-0.25, -0.2) is 0 Å². The summed E-state index contributed by atoms with van der Waals surface area (Å²) in [5, 5.41) is 5.79. The van der Waals surface area contributed by atoms with Gasteiger partial charge in [0.25, 0.3) is 0 Å². The lowest BCUT2D eigenvalue weighted by Crippen LogP contribution is -2.36. The monoisotopic (exact) mass is 229 g/mol. The number of piperidine rings is 1. The maximum atomic E-state index is 11.3. The third kappa shape index (κ3) is 5.67. The summed E-state index contributed by atoms with van der Waals surface area (Å²) in [6, 6.07) is 0. The summed E-state index contributed by atoms with van der Waals surface area (Å²) in [6.45, 7) is 2.22. The topological polar surface area (TPSA) is 93.5 Å². The Bertz CT molecular complexity index is 239. The van der Waals surface area contributed by atoms with Gasteiger partial charge in [-0.15, -0.1) is 0 Å². The Balaban J connectivity index is 2.02. The van der Waals surface area contributed by atoms with Crippen LogP contribution in [0.5, 0.6) is 0 Å². The number of carbonyl (C=O) groups excluding carboxylic acids is 2. The molecule has 0 aromatic carbocycles. The lowest BCUT2D eigenvalue weighted by molar-refractivity contribution is -0.128. The summed E-state index contributed by atoms with van der Waals surface area (Å²) in [5.41, 5.74) is 4.94. The molecule has 1 heterocycles. The summed E-state index contributed by atoms with van der Waals surface area (Å²) >= 11 is 0. The molecule has 1 aliphatic heterocycles. The van der Waals surface area contributed by atoms with E-state index in [4.69, 9.17) is 10.5 Å². The molecular formula is C10H19N3O3. The van der Waals surface area contributed by atoms with E-state index in [-0.39, 0.29) is 31.6 Å². The molecule has 0 aromatic rings. The fourth-order valence-electron chi connectivity index (χ4n) is 1.53. The van der Waals surface area contributed by atoms with Gasteiger partial charge in [0.15, 0.2) is 0 Å². The molecule has 0 spiro atoms. The van der Waals surface area contributed by atoms with Crippen LogP contribution in [0.4, 0.5) is 0 Å². The normalized spacial score (nSPS) is 17.0. The number of primary amides is 1. The van der Waals surface area contributed by atoms with Crippen LogP contribution in [0.1, 0.15) is 19.3 Å². The highest BCUT2D eigenvalue weighted by Gasteiger charge is 2.14. The van der Waals surface area contributed by atoms with E-state index in [0.29, 0.717) is 0 Å². The average Bonchev–Trinajstić information content (AvgIpc) is 2.27. The van der Waals surface area contributed by atoms with Crippen molar-refractivity contribution in [2.24, 2.45) is 5.73 Å². The smallest absolute Gasteiger partial charge is 0.246 e. The van der Waals surface area contributed by atoms with E-state index < -0.39 is 5.91 Å². The van der Waals surface area contributed by atoms with E-state index in [1.54, 1.807) is 0 Å². The van der Waals surface area contributed by atoms with Crippen LogP contribution < -0.4 is 16.4 Å². The Morgan fingerprint density at radius 3 is 2.69 bits per heavy atom. The molecular weight excluding hydrogens is 210 g/mol. The number of carbonyl (C=O) groups is 2. The number of amides is 2. The first-order valence-corrected chi connectivity index (χ1v) is 5.56. The number of nitrogens with two attached hydrogens (primary N) is 1. The van der Waals surface area contributed by atoms with Crippen molar-refractivity contribution < 1.29 is 14.3 Å². The number of ether oxygens (including phenoxy) is 1. The van der Waals surface area contributed by atoms with Gasteiger partial charge in [0, 0.05) is 13.0 Å². The van der Waals surface area contributed by atoms with Crippen LogP contribution in [-0.2, 0) is 14.3 Å². The van der Waals surface area contributed by atoms with Crippen molar-refractivity contribution in [3.63, 3.8) is 0 Å². The molecule has 4 N–H and O–H groups in total. The zero-order chi connectivity index (χ0) is 11.8. The van der Waals surface area contributed by atoms with E-state index >= 15 is 0 Å². The molecule has 1 saturated heterocycles. The lowest BCUT2D eigenvalue weighted by atomic mass is 10.1. The third-order valence-corrected chi connectivity index (χ3v) is 2.43. The highest BCUT2D eigenvalue weighted by Crippen LogP contribution is 2.06. The second kappa shape index (κ2) is 7.19. The molecule has 1 fully saturated rings. The minimum Gasteiger partial charge on any atom is -0.370 e. The number of rotatable bonds is 6. The summed E-state index contributed by atoms with van der Waals surface area (Å²) < 4.78 is 5.43. The van der Waals surface area contributed by atoms with Crippen molar-refractivity contribution in [1.82, 2.24) is 10.6 Å². The molecule has 6 heteroatoms. The predicted molar refractivity (Wildman–Crippen MR) is 58.7 cm³/mol. The SMILES string of the molecule is NC(=O)CCNC(=O)COC1CCNCC1. The van der Waals surface area contributed by atoms with Crippen LogP contribution in [0, 0.1) is 0 Å². The quantitative estimate of drug-likeness (QED) is 0.530. The Morgan fingerprint density at radius 1 is 1.38 bits per heavy atom. The minimum absolute atomic E-state index is 0.0590. The molecule has 2 amide bonds. The minimum atomic E-state index is -0.417. The molecule has 1 aliphatic rings. The van der Waals surface area contributed by atoms with Crippen molar-refractivity contribution in [2.45, 2.75) is 25.4 Å². The van der Waals surface area contributed by atoms with Crippen LogP contribution in [0.3, 0.4) is 0 Å². The highest BCUT2D eigenvalue weighted by atomic mass is 16.5. The van der Waals surface area contributed by atoms with Crippen LogP contribution in [0.15, 0.2) is 0 Å². The van der Waals surface area contributed by atoms with Crippen LogP contribution in [0.2, 0.25) is 0 Å². The Morgan fingerprint density at radius 2 is 2.06 bits per heavy atom. The van der Waals surface area contributed by atoms with E-state index in [9.17, 15) is 9.59 Å². The number of hydrogen-bond acceptors (Lipinski definition) is 4. The third-order valence-electron chi connectivity index (χ3n) is 2.43. The molecule has 1 rings (SSSR count). The first-order chi connectivity index (χ1) is 7.68. The second-order valence-corrected chi connectivity index (χ2v) is 3.83. The molecule has 16 heavy (non-hydrogen) atoms. The van der Waals surface area contributed by atoms with Gasteiger partial charge in [-0.1, -0.05) is 0 Å². The molecule has 0 radical (unpaired) electrons. The molecule has 92 valence electrons. The molecule has 6 nitrogen and oxygen atoms in total. The van der Waals surface area contributed by atoms with Crippen molar-refractivity contribution in [3.05, 3.63) is 0 Å². The summed E-state index contributed by atoms with van der Waals surface area (Å²) in [4.78, 5) is 21.7. The molecule has 0 saturated carbocycles. The van der Waals surface area contributed by atoms with E-state index in [1.165, 1.54) is 0 Å². The first-order valence-electron chi connectivity index (χ1n) is 5.56. The zero-order valence-corrected chi connectivity index (χ0v) is 9.33. The zero-order valence-electron chi connectivity index (χ0n) is 9.33. The van der Waals surface area contributed by atoms with Gasteiger partial charge in [0.1, 0.15) is 6.61 Å². The predicted octanol–water partition coefficient (Wildman–Crippen LogP) is -1.25. The fourth-order valence-corrected chi connectivity index (χ4v) is 1.53. The molecule has 0 atom stereocenters. The van der Waals surface area contributed by atoms with Gasteiger partial charge in [-0.3, -0.25) is 9.59 Å². The number of nitrogens with one attached hydrogen (secondary N) is 2. The van der Waals surface area contributed by atoms with Crippen molar-refractivity contribution in [3.8, 4) is 0 Å². The lowest BCUT2D eigenvalue weighted by Gasteiger charge is -2.22. The molecule has 0 aliphatic carbocycles. The molecule has 0 unspecified atom stereocenters. The summed E-state index contributed by atoms with van der Waals surface area (Å²) in [7, 11) is 0. The summed E-state index contributed by atoms with van der Waals surface area (Å²) in [5.74, 6) is -0.612. The van der Waals surface area contributed by atoms with Gasteiger partial charge in [0.05, 0.1) is 6.10 Å². The maximum Gasteiger partial charge on any atom is 0.246 e.